The Labute approximate surface area is 144 Å². The minimum Gasteiger partial charge on any atom is -0.444 e. The predicted molar refractivity (Wildman–Crippen MR) is 89.9 cm³/mol. The van der Waals surface area contributed by atoms with Gasteiger partial charge in [-0.25, -0.2) is 4.79 Å². The van der Waals surface area contributed by atoms with Gasteiger partial charge in [0.2, 0.25) is 5.91 Å². The number of hydrogen-bond donors (Lipinski definition) is 0. The van der Waals surface area contributed by atoms with Crippen molar-refractivity contribution in [1.82, 2.24) is 14.8 Å². The summed E-state index contributed by atoms with van der Waals surface area (Å²) in [5, 5.41) is 0. The van der Waals surface area contributed by atoms with Gasteiger partial charge in [0.25, 0.3) is 0 Å². The first kappa shape index (κ1) is 17.7. The summed E-state index contributed by atoms with van der Waals surface area (Å²) in [7, 11) is 0. The number of pyridine rings is 1. The third-order valence-corrected chi connectivity index (χ3v) is 4.02. The number of carbonyl (C=O) groups is 2. The summed E-state index contributed by atoms with van der Waals surface area (Å²) in [6.07, 6.45) is 1.27. The van der Waals surface area contributed by atoms with E-state index in [2.05, 4.69) is 20.9 Å². The van der Waals surface area contributed by atoms with Gasteiger partial charge in [-0.15, -0.1) is 0 Å². The van der Waals surface area contributed by atoms with Gasteiger partial charge in [-0.1, -0.05) is 0 Å². The van der Waals surface area contributed by atoms with Crippen LogP contribution in [-0.2, 0) is 9.53 Å². The van der Waals surface area contributed by atoms with Crippen LogP contribution in [0.25, 0.3) is 0 Å². The molecule has 2 heterocycles. The molecular formula is C16H22BrN3O3. The molecule has 1 fully saturated rings. The molecule has 0 bridgehead atoms. The number of carbonyl (C=O) groups excluding carboxylic acids is 2. The third kappa shape index (κ3) is 4.67. The fraction of sp³-hybridized carbons (Fsp3) is 0.562. The zero-order valence-corrected chi connectivity index (χ0v) is 15.5. The standard InChI is InChI=1S/C16H22BrN3O3/c1-11(13-6-5-12(17)9-18-13)20-8-7-19(10-14(20)21)15(22)23-16(2,3)4/h5-6,9,11H,7-8,10H2,1-4H3/t11-/m0/s1. The first-order valence-corrected chi connectivity index (χ1v) is 8.35. The van der Waals surface area contributed by atoms with Crippen LogP contribution in [0, 0.1) is 0 Å². The Bertz CT molecular complexity index is 583. The number of amides is 2. The van der Waals surface area contributed by atoms with Crippen molar-refractivity contribution in [2.24, 2.45) is 0 Å². The van der Waals surface area contributed by atoms with Crippen LogP contribution < -0.4 is 0 Å². The van der Waals surface area contributed by atoms with E-state index in [1.807, 2.05) is 39.8 Å². The van der Waals surface area contributed by atoms with E-state index in [0.717, 1.165) is 10.2 Å². The molecule has 126 valence electrons. The van der Waals surface area contributed by atoms with Gasteiger partial charge < -0.3 is 9.64 Å². The Morgan fingerprint density at radius 3 is 2.57 bits per heavy atom. The van der Waals surface area contributed by atoms with E-state index in [4.69, 9.17) is 4.74 Å². The molecule has 0 aliphatic carbocycles. The summed E-state index contributed by atoms with van der Waals surface area (Å²) >= 11 is 3.35. The number of hydrogen-bond acceptors (Lipinski definition) is 4. The Morgan fingerprint density at radius 2 is 2.04 bits per heavy atom. The van der Waals surface area contributed by atoms with Crippen LogP contribution in [0.1, 0.15) is 39.4 Å². The molecule has 1 aromatic heterocycles. The van der Waals surface area contributed by atoms with Crippen LogP contribution in [0.4, 0.5) is 4.79 Å². The van der Waals surface area contributed by atoms with Crippen LogP contribution in [-0.4, -0.2) is 52.0 Å². The summed E-state index contributed by atoms with van der Waals surface area (Å²) in [5.74, 6) is -0.0978. The molecule has 1 aliphatic heterocycles. The van der Waals surface area contributed by atoms with Gasteiger partial charge in [0, 0.05) is 23.8 Å². The lowest BCUT2D eigenvalue weighted by molar-refractivity contribution is -0.138. The lowest BCUT2D eigenvalue weighted by Gasteiger charge is -2.38. The van der Waals surface area contributed by atoms with Crippen LogP contribution in [0.3, 0.4) is 0 Å². The molecule has 0 aromatic carbocycles. The molecule has 2 amide bonds. The highest BCUT2D eigenvalue weighted by Crippen LogP contribution is 2.22. The van der Waals surface area contributed by atoms with E-state index in [9.17, 15) is 9.59 Å². The molecule has 7 heteroatoms. The maximum Gasteiger partial charge on any atom is 0.410 e. The number of aromatic nitrogens is 1. The maximum absolute atomic E-state index is 12.4. The van der Waals surface area contributed by atoms with Gasteiger partial charge in [-0.3, -0.25) is 14.7 Å². The first-order chi connectivity index (χ1) is 10.7. The number of ether oxygens (including phenoxy) is 1. The molecule has 6 nitrogen and oxygen atoms in total. The molecule has 23 heavy (non-hydrogen) atoms. The van der Waals surface area contributed by atoms with Crippen LogP contribution in [0.5, 0.6) is 0 Å². The second-order valence-corrected chi connectivity index (χ2v) is 7.48. The summed E-state index contributed by atoms with van der Waals surface area (Å²) in [5.41, 5.74) is 0.263. The minimum atomic E-state index is -0.564. The zero-order valence-electron chi connectivity index (χ0n) is 13.9. The van der Waals surface area contributed by atoms with E-state index >= 15 is 0 Å². The Morgan fingerprint density at radius 1 is 1.35 bits per heavy atom. The molecule has 1 aromatic rings. The van der Waals surface area contributed by atoms with E-state index in [0.29, 0.717) is 13.1 Å². The average molecular weight is 384 g/mol. The smallest absolute Gasteiger partial charge is 0.410 e. The molecule has 1 atom stereocenters. The average Bonchev–Trinajstić information content (AvgIpc) is 2.45. The molecule has 0 spiro atoms. The van der Waals surface area contributed by atoms with Gasteiger partial charge in [0.15, 0.2) is 0 Å². The van der Waals surface area contributed by atoms with E-state index in [1.165, 1.54) is 4.90 Å². The second-order valence-electron chi connectivity index (χ2n) is 6.57. The first-order valence-electron chi connectivity index (χ1n) is 7.56. The second kappa shape index (κ2) is 6.86. The SMILES string of the molecule is C[C@@H](c1ccc(Br)cn1)N1CCN(C(=O)OC(C)(C)C)CC1=O. The Kier molecular flexibility index (Phi) is 5.29. The summed E-state index contributed by atoms with van der Waals surface area (Å²) in [4.78, 5) is 32.0. The van der Waals surface area contributed by atoms with Crippen molar-refractivity contribution >= 4 is 27.9 Å². The van der Waals surface area contributed by atoms with Crippen molar-refractivity contribution in [3.05, 3.63) is 28.5 Å². The zero-order chi connectivity index (χ0) is 17.2. The number of nitrogens with zero attached hydrogens (tertiary/aromatic N) is 3. The molecule has 0 unspecified atom stereocenters. The normalized spacial score (nSPS) is 17.2. The number of halogens is 1. The molecule has 0 radical (unpaired) electrons. The molecule has 0 N–H and O–H groups in total. The molecular weight excluding hydrogens is 362 g/mol. The highest BCUT2D eigenvalue weighted by atomic mass is 79.9. The summed E-state index contributed by atoms with van der Waals surface area (Å²) in [6.45, 7) is 8.34. The van der Waals surface area contributed by atoms with Crippen molar-refractivity contribution in [2.75, 3.05) is 19.6 Å². The third-order valence-electron chi connectivity index (χ3n) is 3.55. The summed E-state index contributed by atoms with van der Waals surface area (Å²) in [6, 6.07) is 3.67. The topological polar surface area (TPSA) is 62.7 Å². The highest BCUT2D eigenvalue weighted by molar-refractivity contribution is 9.10. The quantitative estimate of drug-likeness (QED) is 0.787. The number of piperazine rings is 1. The van der Waals surface area contributed by atoms with E-state index in [-0.39, 0.29) is 18.5 Å². The number of rotatable bonds is 2. The van der Waals surface area contributed by atoms with E-state index < -0.39 is 11.7 Å². The largest absolute Gasteiger partial charge is 0.444 e. The molecule has 1 aliphatic rings. The van der Waals surface area contributed by atoms with Gasteiger partial charge in [0.05, 0.1) is 11.7 Å². The van der Waals surface area contributed by atoms with Crippen molar-refractivity contribution < 1.29 is 14.3 Å². The van der Waals surface area contributed by atoms with Gasteiger partial charge in [0.1, 0.15) is 12.1 Å². The van der Waals surface area contributed by atoms with Crippen molar-refractivity contribution in [3.8, 4) is 0 Å². The highest BCUT2D eigenvalue weighted by Gasteiger charge is 2.32. The van der Waals surface area contributed by atoms with Gasteiger partial charge in [-0.05, 0) is 55.8 Å². The maximum atomic E-state index is 12.4. The Hall–Kier alpha value is -1.63. The van der Waals surface area contributed by atoms with Crippen molar-refractivity contribution in [1.29, 1.82) is 0 Å². The van der Waals surface area contributed by atoms with Gasteiger partial charge >= 0.3 is 6.09 Å². The molecule has 2 rings (SSSR count). The lowest BCUT2D eigenvalue weighted by atomic mass is 10.1. The van der Waals surface area contributed by atoms with Crippen LogP contribution >= 0.6 is 15.9 Å². The fourth-order valence-electron chi connectivity index (χ4n) is 2.37. The monoisotopic (exact) mass is 383 g/mol. The fourth-order valence-corrected chi connectivity index (χ4v) is 2.61. The van der Waals surface area contributed by atoms with Crippen molar-refractivity contribution in [2.45, 2.75) is 39.3 Å². The van der Waals surface area contributed by atoms with Crippen LogP contribution in [0.15, 0.2) is 22.8 Å². The minimum absolute atomic E-state index is 0.0375. The molecule has 0 saturated carbocycles. The summed E-state index contributed by atoms with van der Waals surface area (Å²) < 4.78 is 6.22. The van der Waals surface area contributed by atoms with Crippen LogP contribution in [0.2, 0.25) is 0 Å². The Balaban J connectivity index is 2.00. The van der Waals surface area contributed by atoms with Crippen molar-refractivity contribution in [3.63, 3.8) is 0 Å². The lowest BCUT2D eigenvalue weighted by Crippen LogP contribution is -2.53. The molecule has 1 saturated heterocycles. The predicted octanol–water partition coefficient (Wildman–Crippen LogP) is 2.98. The van der Waals surface area contributed by atoms with E-state index in [1.54, 1.807) is 11.1 Å². The van der Waals surface area contributed by atoms with Gasteiger partial charge in [-0.2, -0.15) is 0 Å².